The van der Waals surface area contributed by atoms with Gasteiger partial charge in [-0.25, -0.2) is 9.59 Å². The van der Waals surface area contributed by atoms with E-state index in [1.165, 1.54) is 0 Å². The summed E-state index contributed by atoms with van der Waals surface area (Å²) in [5.74, 6) is -1.49. The van der Waals surface area contributed by atoms with Crippen molar-refractivity contribution in [1.29, 1.82) is 0 Å². The molecule has 25 heavy (non-hydrogen) atoms. The average molecular weight is 347 g/mol. The lowest BCUT2D eigenvalue weighted by molar-refractivity contribution is -0.126. The van der Waals surface area contributed by atoms with Crippen molar-refractivity contribution in [3.05, 3.63) is 29.8 Å². The van der Waals surface area contributed by atoms with Crippen molar-refractivity contribution in [1.82, 2.24) is 10.6 Å². The third kappa shape index (κ3) is 5.03. The van der Waals surface area contributed by atoms with Gasteiger partial charge in [-0.1, -0.05) is 0 Å². The summed E-state index contributed by atoms with van der Waals surface area (Å²) in [6, 6.07) is 5.53. The van der Waals surface area contributed by atoms with Crippen molar-refractivity contribution in [3.63, 3.8) is 0 Å². The molecule has 0 aliphatic carbocycles. The average Bonchev–Trinajstić information content (AvgIpc) is 2.54. The topological polar surface area (TPSA) is 114 Å². The third-order valence-electron chi connectivity index (χ3n) is 3.90. The number of hydrogen-bond donors (Lipinski definition) is 3. The Labute approximate surface area is 145 Å². The fraction of sp³-hybridized carbons (Fsp3) is 0.412. The molecule has 0 bridgehead atoms. The number of ether oxygens (including phenoxy) is 1. The zero-order valence-corrected chi connectivity index (χ0v) is 14.1. The Hall–Kier alpha value is -2.90. The number of amides is 4. The van der Waals surface area contributed by atoms with E-state index in [0.717, 1.165) is 0 Å². The zero-order valence-electron chi connectivity index (χ0n) is 14.1. The number of esters is 1. The predicted molar refractivity (Wildman–Crippen MR) is 89.9 cm³/mol. The van der Waals surface area contributed by atoms with E-state index in [1.807, 2.05) is 0 Å². The van der Waals surface area contributed by atoms with Crippen LogP contribution < -0.4 is 16.0 Å². The first-order chi connectivity index (χ1) is 11.9. The number of hydrogen-bond acceptors (Lipinski definition) is 5. The Kier molecular flexibility index (Phi) is 6.10. The second-order valence-corrected chi connectivity index (χ2v) is 5.74. The predicted octanol–water partition coefficient (Wildman–Crippen LogP) is 1.43. The van der Waals surface area contributed by atoms with Crippen LogP contribution in [-0.2, 0) is 14.3 Å². The van der Waals surface area contributed by atoms with Gasteiger partial charge >= 0.3 is 12.0 Å². The van der Waals surface area contributed by atoms with Crippen molar-refractivity contribution >= 4 is 29.5 Å². The standard InChI is InChI=1S/C17H21N3O5/c1-3-25-16(23)11-4-6-12(7-5-11)19-14(21)9-8-13-10(2)18-17(24)20-15(13)22/h4-7,10,13H,3,8-9H2,1-2H3,(H,19,21)(H2,18,20,22,24). The van der Waals surface area contributed by atoms with Crippen LogP contribution in [-0.4, -0.2) is 36.5 Å². The van der Waals surface area contributed by atoms with Crippen LogP contribution in [0.3, 0.4) is 0 Å². The SMILES string of the molecule is CCOC(=O)c1ccc(NC(=O)CCC2C(=O)NC(=O)NC2C)cc1. The van der Waals surface area contributed by atoms with E-state index in [9.17, 15) is 19.2 Å². The Bertz CT molecular complexity index is 671. The molecule has 0 spiro atoms. The van der Waals surface area contributed by atoms with Crippen LogP contribution in [0.2, 0.25) is 0 Å². The fourth-order valence-corrected chi connectivity index (χ4v) is 2.57. The molecule has 1 aromatic carbocycles. The largest absolute Gasteiger partial charge is 0.462 e. The number of carbonyl (C=O) groups excluding carboxylic acids is 4. The van der Waals surface area contributed by atoms with Crippen LogP contribution in [0.5, 0.6) is 0 Å². The molecule has 2 rings (SSSR count). The molecule has 2 atom stereocenters. The highest BCUT2D eigenvalue weighted by Gasteiger charge is 2.32. The normalized spacial score (nSPS) is 19.6. The number of benzene rings is 1. The highest BCUT2D eigenvalue weighted by atomic mass is 16.5. The molecule has 8 nitrogen and oxygen atoms in total. The summed E-state index contributed by atoms with van der Waals surface area (Å²) in [6.45, 7) is 3.75. The summed E-state index contributed by atoms with van der Waals surface area (Å²) >= 11 is 0. The van der Waals surface area contributed by atoms with Gasteiger partial charge in [0, 0.05) is 18.2 Å². The van der Waals surface area contributed by atoms with Gasteiger partial charge in [0.1, 0.15) is 0 Å². The molecule has 0 aromatic heterocycles. The van der Waals surface area contributed by atoms with Gasteiger partial charge in [-0.2, -0.15) is 0 Å². The molecular weight excluding hydrogens is 326 g/mol. The quantitative estimate of drug-likeness (QED) is 0.674. The number of anilines is 1. The van der Waals surface area contributed by atoms with E-state index in [-0.39, 0.29) is 24.3 Å². The zero-order chi connectivity index (χ0) is 18.4. The monoisotopic (exact) mass is 347 g/mol. The maximum atomic E-state index is 12.0. The van der Waals surface area contributed by atoms with E-state index in [0.29, 0.717) is 24.3 Å². The number of carbonyl (C=O) groups is 4. The Morgan fingerprint density at radius 2 is 1.88 bits per heavy atom. The lowest BCUT2D eigenvalue weighted by Crippen LogP contribution is -2.57. The van der Waals surface area contributed by atoms with Crippen LogP contribution in [0.4, 0.5) is 10.5 Å². The highest BCUT2D eigenvalue weighted by molar-refractivity contribution is 5.99. The van der Waals surface area contributed by atoms with Crippen molar-refractivity contribution < 1.29 is 23.9 Å². The molecule has 1 aromatic rings. The summed E-state index contributed by atoms with van der Waals surface area (Å²) in [7, 11) is 0. The number of imide groups is 1. The highest BCUT2D eigenvalue weighted by Crippen LogP contribution is 2.16. The second-order valence-electron chi connectivity index (χ2n) is 5.74. The van der Waals surface area contributed by atoms with Gasteiger partial charge < -0.3 is 15.4 Å². The first-order valence-electron chi connectivity index (χ1n) is 8.09. The van der Waals surface area contributed by atoms with E-state index in [1.54, 1.807) is 38.1 Å². The van der Waals surface area contributed by atoms with Gasteiger partial charge in [0.25, 0.3) is 0 Å². The molecule has 134 valence electrons. The van der Waals surface area contributed by atoms with Crippen LogP contribution in [0, 0.1) is 5.92 Å². The van der Waals surface area contributed by atoms with Gasteiger partial charge in [0.2, 0.25) is 11.8 Å². The Morgan fingerprint density at radius 1 is 1.20 bits per heavy atom. The van der Waals surface area contributed by atoms with Gasteiger partial charge in [-0.15, -0.1) is 0 Å². The molecule has 1 saturated heterocycles. The molecular formula is C17H21N3O5. The van der Waals surface area contributed by atoms with E-state index >= 15 is 0 Å². The third-order valence-corrected chi connectivity index (χ3v) is 3.90. The Morgan fingerprint density at radius 3 is 2.48 bits per heavy atom. The van der Waals surface area contributed by atoms with Gasteiger partial charge in [-0.05, 0) is 44.5 Å². The summed E-state index contributed by atoms with van der Waals surface area (Å²) in [5.41, 5.74) is 0.954. The van der Waals surface area contributed by atoms with Crippen LogP contribution in [0.1, 0.15) is 37.0 Å². The number of urea groups is 1. The molecule has 2 unspecified atom stereocenters. The summed E-state index contributed by atoms with van der Waals surface area (Å²) in [5, 5.41) is 7.52. The smallest absolute Gasteiger partial charge is 0.338 e. The van der Waals surface area contributed by atoms with Crippen molar-refractivity contribution in [2.45, 2.75) is 32.7 Å². The molecule has 1 aliphatic rings. The molecule has 1 fully saturated rings. The molecule has 0 saturated carbocycles. The van der Waals surface area contributed by atoms with E-state index in [2.05, 4.69) is 16.0 Å². The van der Waals surface area contributed by atoms with Crippen molar-refractivity contribution in [2.24, 2.45) is 5.92 Å². The first-order valence-corrected chi connectivity index (χ1v) is 8.09. The number of rotatable bonds is 6. The molecule has 3 N–H and O–H groups in total. The summed E-state index contributed by atoms with van der Waals surface area (Å²) in [4.78, 5) is 46.6. The van der Waals surface area contributed by atoms with Gasteiger partial charge in [0.05, 0.1) is 18.1 Å². The van der Waals surface area contributed by atoms with Gasteiger partial charge in [0.15, 0.2) is 0 Å². The summed E-state index contributed by atoms with van der Waals surface area (Å²) in [6.07, 6.45) is 0.456. The fourth-order valence-electron chi connectivity index (χ4n) is 2.57. The van der Waals surface area contributed by atoms with Crippen molar-refractivity contribution in [2.75, 3.05) is 11.9 Å². The number of nitrogens with one attached hydrogen (secondary N) is 3. The molecule has 8 heteroatoms. The molecule has 1 heterocycles. The van der Waals surface area contributed by atoms with Crippen LogP contribution >= 0.6 is 0 Å². The molecule has 4 amide bonds. The molecule has 1 aliphatic heterocycles. The lowest BCUT2D eigenvalue weighted by atomic mass is 9.93. The minimum atomic E-state index is -0.514. The molecule has 0 radical (unpaired) electrons. The maximum Gasteiger partial charge on any atom is 0.338 e. The first kappa shape index (κ1) is 18.4. The van der Waals surface area contributed by atoms with E-state index < -0.39 is 17.9 Å². The lowest BCUT2D eigenvalue weighted by Gasteiger charge is -2.28. The van der Waals surface area contributed by atoms with Crippen molar-refractivity contribution in [3.8, 4) is 0 Å². The minimum absolute atomic E-state index is 0.137. The Balaban J connectivity index is 1.85. The maximum absolute atomic E-state index is 12.0. The second kappa shape index (κ2) is 8.27. The van der Waals surface area contributed by atoms with E-state index in [4.69, 9.17) is 4.74 Å². The van der Waals surface area contributed by atoms with Crippen LogP contribution in [0.15, 0.2) is 24.3 Å². The minimum Gasteiger partial charge on any atom is -0.462 e. The summed E-state index contributed by atoms with van der Waals surface area (Å²) < 4.78 is 4.89. The van der Waals surface area contributed by atoms with Gasteiger partial charge in [-0.3, -0.25) is 14.9 Å². The van der Waals surface area contributed by atoms with Crippen LogP contribution in [0.25, 0.3) is 0 Å².